The van der Waals surface area contributed by atoms with Gasteiger partial charge in [0.15, 0.2) is 0 Å². The van der Waals surface area contributed by atoms with E-state index in [0.29, 0.717) is 0 Å². The number of rotatable bonds is 9. The van der Waals surface area contributed by atoms with Gasteiger partial charge >= 0.3 is 0 Å². The fourth-order valence-electron chi connectivity index (χ4n) is 2.56. The Labute approximate surface area is 157 Å². The van der Waals surface area contributed by atoms with E-state index in [4.69, 9.17) is 0 Å². The summed E-state index contributed by atoms with van der Waals surface area (Å²) in [4.78, 5) is 31.1. The number of likely N-dealkylation sites (N-methyl/N-ethyl adjacent to an activating group) is 1. The first kappa shape index (κ1) is 21.6. The number of aryl methyl sites for hydroxylation is 1. The number of anilines is 1. The molecule has 0 heterocycles. The molecule has 26 heavy (non-hydrogen) atoms. The maximum Gasteiger partial charge on any atom is 0.241 e. The molecule has 0 atom stereocenters. The van der Waals surface area contributed by atoms with E-state index in [1.54, 1.807) is 19.0 Å². The Morgan fingerprint density at radius 3 is 2.50 bits per heavy atom. The molecule has 0 aliphatic carbocycles. The molecule has 0 radical (unpaired) electrons. The van der Waals surface area contributed by atoms with E-state index in [1.807, 2.05) is 38.2 Å². The molecule has 0 aliphatic rings. The fraction of sp³-hybridized carbons (Fsp3) is 0.476. The van der Waals surface area contributed by atoms with Gasteiger partial charge in [0.25, 0.3) is 0 Å². The monoisotopic (exact) mass is 357 g/mol. The van der Waals surface area contributed by atoms with Crippen LogP contribution in [0.5, 0.6) is 0 Å². The third-order valence-corrected chi connectivity index (χ3v) is 4.21. The Kier molecular flexibility index (Phi) is 8.76. The van der Waals surface area contributed by atoms with Crippen molar-refractivity contribution in [2.75, 3.05) is 32.1 Å². The number of benzene rings is 1. The van der Waals surface area contributed by atoms with E-state index in [1.165, 1.54) is 10.5 Å². The molecule has 0 saturated heterocycles. The largest absolute Gasteiger partial charge is 0.355 e. The highest BCUT2D eigenvalue weighted by atomic mass is 16.2. The van der Waals surface area contributed by atoms with Gasteiger partial charge in [0.05, 0.1) is 13.1 Å². The van der Waals surface area contributed by atoms with Crippen molar-refractivity contribution < 1.29 is 9.59 Å². The van der Waals surface area contributed by atoms with Crippen LogP contribution in [0.25, 0.3) is 0 Å². The van der Waals surface area contributed by atoms with Crippen LogP contribution in [0, 0.1) is 6.92 Å². The zero-order valence-electron chi connectivity index (χ0n) is 16.9. The van der Waals surface area contributed by atoms with Gasteiger partial charge in [-0.2, -0.15) is 0 Å². The number of amides is 1. The third-order valence-electron chi connectivity index (χ3n) is 4.21. The van der Waals surface area contributed by atoms with Crippen LogP contribution in [-0.4, -0.2) is 50.0 Å². The lowest BCUT2D eigenvalue weighted by Crippen LogP contribution is -2.38. The van der Waals surface area contributed by atoms with E-state index in [2.05, 4.69) is 18.8 Å². The van der Waals surface area contributed by atoms with E-state index < -0.39 is 0 Å². The molecule has 5 nitrogen and oxygen atoms in total. The molecule has 5 heteroatoms. The van der Waals surface area contributed by atoms with E-state index in [-0.39, 0.29) is 19.0 Å². The van der Waals surface area contributed by atoms with Crippen molar-refractivity contribution >= 4 is 23.6 Å². The number of carbonyl (C=O) groups is 2. The molecule has 0 unspecified atom stereocenters. The molecule has 1 amide bonds. The number of hydrogen-bond acceptors (Lipinski definition) is 4. The molecule has 1 rings (SSSR count). The van der Waals surface area contributed by atoms with Crippen LogP contribution in [0.4, 0.5) is 5.69 Å². The smallest absolute Gasteiger partial charge is 0.241 e. The second-order valence-corrected chi connectivity index (χ2v) is 6.78. The van der Waals surface area contributed by atoms with Crippen molar-refractivity contribution in [3.8, 4) is 0 Å². The van der Waals surface area contributed by atoms with Gasteiger partial charge in [-0.05, 0) is 44.4 Å². The maximum absolute atomic E-state index is 12.1. The molecule has 0 aromatic heterocycles. The minimum absolute atomic E-state index is 0.0415. The topological polar surface area (TPSA) is 53.0 Å². The van der Waals surface area contributed by atoms with Gasteiger partial charge in [-0.3, -0.25) is 9.79 Å². The van der Waals surface area contributed by atoms with E-state index >= 15 is 0 Å². The quantitative estimate of drug-likeness (QED) is 0.501. The lowest BCUT2D eigenvalue weighted by Gasteiger charge is -2.25. The number of carbonyl (C=O) groups excluding carboxylic acids is 2. The average molecular weight is 357 g/mol. The Bertz CT molecular complexity index is 690. The van der Waals surface area contributed by atoms with Crippen molar-refractivity contribution in [2.45, 2.75) is 40.5 Å². The summed E-state index contributed by atoms with van der Waals surface area (Å²) in [5.74, 6) is -0.0415. The minimum Gasteiger partial charge on any atom is -0.355 e. The summed E-state index contributed by atoms with van der Waals surface area (Å²) in [6.07, 6.45) is 4.88. The molecule has 1 aromatic carbocycles. The zero-order chi connectivity index (χ0) is 19.7. The van der Waals surface area contributed by atoms with Crippen LogP contribution < -0.4 is 4.90 Å². The zero-order valence-corrected chi connectivity index (χ0v) is 16.9. The fourth-order valence-corrected chi connectivity index (χ4v) is 2.56. The van der Waals surface area contributed by atoms with Gasteiger partial charge in [0.1, 0.15) is 6.29 Å². The number of nitrogens with zero attached hydrogens (tertiary/aromatic N) is 3. The lowest BCUT2D eigenvalue weighted by atomic mass is 10.1. The first-order chi connectivity index (χ1) is 12.3. The number of aliphatic imine (C=N–C) groups is 1. The van der Waals surface area contributed by atoms with Crippen molar-refractivity contribution in [1.82, 2.24) is 4.90 Å². The first-order valence-corrected chi connectivity index (χ1v) is 8.99. The molecule has 0 aliphatic heterocycles. The number of allylic oxidation sites excluding steroid dienone is 1. The second-order valence-electron chi connectivity index (χ2n) is 6.78. The molecular weight excluding hydrogens is 326 g/mol. The Balaban J connectivity index is 3.17. The van der Waals surface area contributed by atoms with Crippen molar-refractivity contribution in [2.24, 2.45) is 4.99 Å². The standard InChI is InChI=1S/C21H31N3O2/c1-7-8-16(2)14-22-18(4)19-10-9-17(3)20(13-19)24(11-12-25)15-21(26)23(5)6/h9-10,12-14H,7-8,11,15H2,1-6H3/b16-14-,22-18?. The molecule has 0 spiro atoms. The highest BCUT2D eigenvalue weighted by molar-refractivity contribution is 6.00. The summed E-state index contributed by atoms with van der Waals surface area (Å²) in [7, 11) is 3.43. The lowest BCUT2D eigenvalue weighted by molar-refractivity contribution is -0.127. The SMILES string of the molecule is CCC/C(C)=C\N=C(C)c1ccc(C)c(N(CC=O)CC(=O)N(C)C)c1. The van der Waals surface area contributed by atoms with Crippen LogP contribution in [0.15, 0.2) is 35.0 Å². The summed E-state index contributed by atoms with van der Waals surface area (Å²) >= 11 is 0. The first-order valence-electron chi connectivity index (χ1n) is 8.99. The van der Waals surface area contributed by atoms with Gasteiger partial charge < -0.3 is 14.6 Å². The molecule has 1 aromatic rings. The molecule has 0 fully saturated rings. The average Bonchev–Trinajstić information content (AvgIpc) is 2.59. The van der Waals surface area contributed by atoms with Crippen molar-refractivity contribution in [3.63, 3.8) is 0 Å². The molecule has 0 saturated carbocycles. The van der Waals surface area contributed by atoms with Crippen LogP contribution in [0.3, 0.4) is 0 Å². The van der Waals surface area contributed by atoms with Gasteiger partial charge in [0, 0.05) is 31.7 Å². The van der Waals surface area contributed by atoms with Gasteiger partial charge in [-0.25, -0.2) is 0 Å². The van der Waals surface area contributed by atoms with Gasteiger partial charge in [-0.15, -0.1) is 0 Å². The normalized spacial score (nSPS) is 12.1. The Hall–Kier alpha value is -2.43. The van der Waals surface area contributed by atoms with Crippen molar-refractivity contribution in [1.29, 1.82) is 0 Å². The van der Waals surface area contributed by atoms with E-state index in [9.17, 15) is 9.59 Å². The summed E-state index contributed by atoms with van der Waals surface area (Å²) in [6, 6.07) is 6.03. The summed E-state index contributed by atoms with van der Waals surface area (Å²) in [5.41, 5.74) is 5.05. The molecule has 0 N–H and O–H groups in total. The number of aldehydes is 1. The summed E-state index contributed by atoms with van der Waals surface area (Å²) in [5, 5.41) is 0. The number of hydrogen-bond donors (Lipinski definition) is 0. The molecule has 0 bridgehead atoms. The Morgan fingerprint density at radius 2 is 1.92 bits per heavy atom. The summed E-state index contributed by atoms with van der Waals surface area (Å²) in [6.45, 7) is 8.53. The summed E-state index contributed by atoms with van der Waals surface area (Å²) < 4.78 is 0. The predicted octanol–water partition coefficient (Wildman–Crippen LogP) is 3.60. The Morgan fingerprint density at radius 1 is 1.23 bits per heavy atom. The third kappa shape index (κ3) is 6.47. The van der Waals surface area contributed by atoms with Gasteiger partial charge in [0.2, 0.25) is 5.91 Å². The van der Waals surface area contributed by atoms with Crippen LogP contribution in [0.1, 0.15) is 44.7 Å². The van der Waals surface area contributed by atoms with Crippen LogP contribution >= 0.6 is 0 Å². The molecule has 142 valence electrons. The van der Waals surface area contributed by atoms with Gasteiger partial charge in [-0.1, -0.05) is 31.1 Å². The van der Waals surface area contributed by atoms with Crippen molar-refractivity contribution in [3.05, 3.63) is 41.1 Å². The van der Waals surface area contributed by atoms with Crippen LogP contribution in [-0.2, 0) is 9.59 Å². The highest BCUT2D eigenvalue weighted by Gasteiger charge is 2.15. The van der Waals surface area contributed by atoms with E-state index in [0.717, 1.165) is 41.7 Å². The molecular formula is C21H31N3O2. The predicted molar refractivity (Wildman–Crippen MR) is 109 cm³/mol. The second kappa shape index (κ2) is 10.5. The highest BCUT2D eigenvalue weighted by Crippen LogP contribution is 2.22. The maximum atomic E-state index is 12.1. The van der Waals surface area contributed by atoms with Crippen LogP contribution in [0.2, 0.25) is 0 Å². The minimum atomic E-state index is -0.0415.